The average Bonchev–Trinajstić information content (AvgIpc) is 3.21. The van der Waals surface area contributed by atoms with E-state index in [1.165, 1.54) is 11.3 Å². The topological polar surface area (TPSA) is 88.3 Å². The summed E-state index contributed by atoms with van der Waals surface area (Å²) in [5.74, 6) is 0.219. The molecule has 2 aromatic heterocycles. The number of aromatic nitrogens is 1. The van der Waals surface area contributed by atoms with Gasteiger partial charge in [-0.15, -0.1) is 11.3 Å². The van der Waals surface area contributed by atoms with Crippen LogP contribution in [0.2, 0.25) is 5.02 Å². The summed E-state index contributed by atoms with van der Waals surface area (Å²) in [6.07, 6.45) is 1.95. The molecule has 3 N–H and O–H groups in total. The first kappa shape index (κ1) is 26.2. The van der Waals surface area contributed by atoms with E-state index >= 15 is 0 Å². The number of rotatable bonds is 4. The average molecular weight is 547 g/mol. The second-order valence-corrected chi connectivity index (χ2v) is 11.6. The minimum atomic E-state index is -0.303. The van der Waals surface area contributed by atoms with Crippen molar-refractivity contribution in [2.75, 3.05) is 24.1 Å². The summed E-state index contributed by atoms with van der Waals surface area (Å²) in [7, 11) is 0. The van der Waals surface area contributed by atoms with Crippen molar-refractivity contribution in [2.45, 2.75) is 40.5 Å². The number of nitrogens with zero attached hydrogens (tertiary/aromatic N) is 2. The first-order valence-corrected chi connectivity index (χ1v) is 14.0. The van der Waals surface area contributed by atoms with E-state index in [0.29, 0.717) is 67.2 Å². The predicted octanol–water partition coefficient (Wildman–Crippen LogP) is 7.25. The maximum atomic E-state index is 13.8. The molecule has 5 rings (SSSR count). The molecular formula is C30H31ClN4O2S. The van der Waals surface area contributed by atoms with Crippen molar-refractivity contribution in [3.05, 3.63) is 74.7 Å². The first-order chi connectivity index (χ1) is 18.2. The molecule has 6 nitrogen and oxygen atoms in total. The van der Waals surface area contributed by atoms with Crippen LogP contribution in [0, 0.1) is 26.7 Å². The molecule has 3 heterocycles. The molecule has 0 spiro atoms. The second-order valence-electron chi connectivity index (χ2n) is 10.2. The highest BCUT2D eigenvalue weighted by Gasteiger charge is 2.30. The van der Waals surface area contributed by atoms with Gasteiger partial charge < -0.3 is 16.0 Å². The van der Waals surface area contributed by atoms with Crippen molar-refractivity contribution in [3.8, 4) is 11.1 Å². The van der Waals surface area contributed by atoms with Crippen molar-refractivity contribution in [3.63, 3.8) is 0 Å². The van der Waals surface area contributed by atoms with Crippen molar-refractivity contribution < 1.29 is 9.59 Å². The van der Waals surface area contributed by atoms with Crippen LogP contribution in [0.1, 0.15) is 56.6 Å². The number of piperidine rings is 1. The number of hydrogen-bond donors (Lipinski definition) is 2. The highest BCUT2D eigenvalue weighted by molar-refractivity contribution is 7.21. The molecule has 0 atom stereocenters. The van der Waals surface area contributed by atoms with Gasteiger partial charge in [-0.25, -0.2) is 4.98 Å². The van der Waals surface area contributed by atoms with E-state index in [0.717, 1.165) is 29.7 Å². The highest BCUT2D eigenvalue weighted by atomic mass is 35.5. The molecule has 38 heavy (non-hydrogen) atoms. The lowest BCUT2D eigenvalue weighted by atomic mass is 9.94. The van der Waals surface area contributed by atoms with Crippen LogP contribution in [0.25, 0.3) is 21.3 Å². The van der Waals surface area contributed by atoms with E-state index < -0.39 is 0 Å². The molecule has 196 valence electrons. The maximum Gasteiger partial charge on any atom is 0.266 e. The fraction of sp³-hybridized carbons (Fsp3) is 0.300. The molecular weight excluding hydrogens is 516 g/mol. The Morgan fingerprint density at radius 3 is 2.50 bits per heavy atom. The van der Waals surface area contributed by atoms with Gasteiger partial charge in [-0.1, -0.05) is 54.4 Å². The van der Waals surface area contributed by atoms with E-state index in [-0.39, 0.29) is 11.8 Å². The molecule has 2 amide bonds. The highest BCUT2D eigenvalue weighted by Crippen LogP contribution is 2.44. The van der Waals surface area contributed by atoms with Gasteiger partial charge in [0, 0.05) is 40.3 Å². The quantitative estimate of drug-likeness (QED) is 0.282. The van der Waals surface area contributed by atoms with Crippen molar-refractivity contribution in [1.29, 1.82) is 0 Å². The van der Waals surface area contributed by atoms with Crippen LogP contribution in [0.4, 0.5) is 11.4 Å². The number of nitrogen functional groups attached to an aromatic ring is 1. The standard InChI is InChI=1S/C30H31ClN4O2S/c1-16-11-13-35(14-12-16)30(37)27-26(32)25-24(20-7-5-6-8-21(20)31)23(19(4)33-29(25)38-27)28(36)34-22-10-9-17(2)15-18(22)3/h5-10,15-16H,11-14,32H2,1-4H3,(H,34,36). The van der Waals surface area contributed by atoms with Gasteiger partial charge in [0.05, 0.1) is 16.9 Å². The van der Waals surface area contributed by atoms with Gasteiger partial charge in [0.2, 0.25) is 0 Å². The minimum absolute atomic E-state index is 0.0820. The van der Waals surface area contributed by atoms with Gasteiger partial charge in [-0.2, -0.15) is 0 Å². The van der Waals surface area contributed by atoms with Crippen molar-refractivity contribution in [1.82, 2.24) is 9.88 Å². The number of carbonyl (C=O) groups is 2. The number of nitrogens with one attached hydrogen (secondary N) is 1. The summed E-state index contributed by atoms with van der Waals surface area (Å²) in [6.45, 7) is 9.41. The molecule has 2 aromatic carbocycles. The van der Waals surface area contributed by atoms with Crippen LogP contribution in [0.15, 0.2) is 42.5 Å². The van der Waals surface area contributed by atoms with Crippen LogP contribution < -0.4 is 11.1 Å². The Labute approximate surface area is 231 Å². The van der Waals surface area contributed by atoms with Gasteiger partial charge in [-0.05, 0) is 57.2 Å². The third-order valence-corrected chi connectivity index (χ3v) is 8.74. The normalized spacial score (nSPS) is 14.2. The number of pyridine rings is 1. The Morgan fingerprint density at radius 2 is 1.82 bits per heavy atom. The molecule has 0 radical (unpaired) electrons. The van der Waals surface area contributed by atoms with E-state index in [2.05, 4.69) is 12.2 Å². The van der Waals surface area contributed by atoms with Gasteiger partial charge in [-0.3, -0.25) is 9.59 Å². The van der Waals surface area contributed by atoms with Crippen LogP contribution in [0.5, 0.6) is 0 Å². The van der Waals surface area contributed by atoms with E-state index in [1.54, 1.807) is 13.0 Å². The fourth-order valence-electron chi connectivity index (χ4n) is 5.13. The lowest BCUT2D eigenvalue weighted by molar-refractivity contribution is 0.0703. The maximum absolute atomic E-state index is 13.8. The number of likely N-dealkylation sites (tertiary alicyclic amines) is 1. The van der Waals surface area contributed by atoms with Crippen LogP contribution >= 0.6 is 22.9 Å². The summed E-state index contributed by atoms with van der Waals surface area (Å²) in [5.41, 5.74) is 12.1. The number of benzene rings is 2. The van der Waals surface area contributed by atoms with Crippen LogP contribution in [-0.2, 0) is 0 Å². The Kier molecular flexibility index (Phi) is 7.16. The van der Waals surface area contributed by atoms with Crippen molar-refractivity contribution in [2.24, 2.45) is 5.92 Å². The molecule has 0 saturated carbocycles. The summed E-state index contributed by atoms with van der Waals surface area (Å²) < 4.78 is 0. The smallest absolute Gasteiger partial charge is 0.266 e. The number of thiophene rings is 1. The molecule has 1 aliphatic rings. The molecule has 8 heteroatoms. The van der Waals surface area contributed by atoms with Crippen LogP contribution in [-0.4, -0.2) is 34.8 Å². The van der Waals surface area contributed by atoms with E-state index in [1.807, 2.05) is 55.1 Å². The number of hydrogen-bond acceptors (Lipinski definition) is 5. The number of amides is 2. The first-order valence-electron chi connectivity index (χ1n) is 12.8. The lowest BCUT2D eigenvalue weighted by Gasteiger charge is -2.30. The SMILES string of the molecule is Cc1ccc(NC(=O)c2c(C)nc3sc(C(=O)N4CCC(C)CC4)c(N)c3c2-c2ccccc2Cl)c(C)c1. The molecule has 0 aliphatic carbocycles. The summed E-state index contributed by atoms with van der Waals surface area (Å²) in [6, 6.07) is 13.3. The largest absolute Gasteiger partial charge is 0.397 e. The third-order valence-electron chi connectivity index (χ3n) is 7.32. The summed E-state index contributed by atoms with van der Waals surface area (Å²) in [5, 5.41) is 4.14. The summed E-state index contributed by atoms with van der Waals surface area (Å²) in [4.78, 5) is 35.1. The Balaban J connectivity index is 1.69. The summed E-state index contributed by atoms with van der Waals surface area (Å²) >= 11 is 7.97. The van der Waals surface area contributed by atoms with Gasteiger partial charge >= 0.3 is 0 Å². The van der Waals surface area contributed by atoms with Crippen molar-refractivity contribution >= 4 is 56.3 Å². The molecule has 0 unspecified atom stereocenters. The van der Waals surface area contributed by atoms with Gasteiger partial charge in [0.25, 0.3) is 11.8 Å². The third kappa shape index (κ3) is 4.76. The van der Waals surface area contributed by atoms with Gasteiger partial charge in [0.15, 0.2) is 0 Å². The molecule has 1 fully saturated rings. The number of anilines is 2. The number of nitrogens with two attached hydrogens (primary N) is 1. The van der Waals surface area contributed by atoms with Gasteiger partial charge in [0.1, 0.15) is 9.71 Å². The number of carbonyl (C=O) groups excluding carboxylic acids is 2. The Hall–Kier alpha value is -3.42. The van der Waals surface area contributed by atoms with E-state index in [4.69, 9.17) is 22.3 Å². The Bertz CT molecular complexity index is 1570. The second kappa shape index (κ2) is 10.4. The molecule has 4 aromatic rings. The molecule has 1 aliphatic heterocycles. The predicted molar refractivity (Wildman–Crippen MR) is 157 cm³/mol. The Morgan fingerprint density at radius 1 is 1.11 bits per heavy atom. The zero-order valence-corrected chi connectivity index (χ0v) is 23.6. The number of aryl methyl sites for hydroxylation is 3. The molecule has 0 bridgehead atoms. The van der Waals surface area contributed by atoms with Crippen LogP contribution in [0.3, 0.4) is 0 Å². The number of fused-ring (bicyclic) bond motifs is 1. The zero-order valence-electron chi connectivity index (χ0n) is 22.0. The number of halogens is 1. The zero-order chi connectivity index (χ0) is 27.1. The van der Waals surface area contributed by atoms with E-state index in [9.17, 15) is 9.59 Å². The fourth-order valence-corrected chi connectivity index (χ4v) is 6.48. The minimum Gasteiger partial charge on any atom is -0.397 e. The molecule has 1 saturated heterocycles. The lowest BCUT2D eigenvalue weighted by Crippen LogP contribution is -2.37. The monoisotopic (exact) mass is 546 g/mol.